The minimum atomic E-state index is -1.28. The zero-order chi connectivity index (χ0) is 24.9. The first-order valence-electron chi connectivity index (χ1n) is 13.0. The summed E-state index contributed by atoms with van der Waals surface area (Å²) in [6, 6.07) is 19.2. The van der Waals surface area contributed by atoms with Crippen molar-refractivity contribution in [2.45, 2.75) is 56.2 Å². The lowest BCUT2D eigenvalue weighted by atomic mass is 9.84. The van der Waals surface area contributed by atoms with Crippen molar-refractivity contribution in [3.63, 3.8) is 0 Å². The van der Waals surface area contributed by atoms with Crippen LogP contribution in [0.25, 0.3) is 10.8 Å². The van der Waals surface area contributed by atoms with Crippen molar-refractivity contribution >= 4 is 22.6 Å². The van der Waals surface area contributed by atoms with Gasteiger partial charge in [-0.25, -0.2) is 4.39 Å². The number of halogens is 1. The van der Waals surface area contributed by atoms with Gasteiger partial charge in [0, 0.05) is 18.2 Å². The fourth-order valence-electron chi connectivity index (χ4n) is 6.65. The maximum absolute atomic E-state index is 13.9. The van der Waals surface area contributed by atoms with Crippen molar-refractivity contribution in [3.8, 4) is 0 Å². The molecule has 4 atom stereocenters. The Kier molecular flexibility index (Phi) is 5.79. The predicted octanol–water partition coefficient (Wildman–Crippen LogP) is 4.87. The molecular weight excluding hydrogens is 455 g/mol. The zero-order valence-corrected chi connectivity index (χ0v) is 20.3. The Morgan fingerprint density at radius 3 is 2.58 bits per heavy atom. The molecule has 36 heavy (non-hydrogen) atoms. The highest BCUT2D eigenvalue weighted by molar-refractivity contribution is 6.01. The van der Waals surface area contributed by atoms with Crippen LogP contribution in [0.1, 0.15) is 54.4 Å². The molecule has 0 spiro atoms. The van der Waals surface area contributed by atoms with Crippen molar-refractivity contribution in [2.75, 3.05) is 13.1 Å². The van der Waals surface area contributed by atoms with Gasteiger partial charge in [0.1, 0.15) is 17.5 Å². The van der Waals surface area contributed by atoms with Crippen molar-refractivity contribution in [1.82, 2.24) is 9.80 Å². The number of aliphatic hydroxyl groups is 1. The second-order valence-electron chi connectivity index (χ2n) is 10.7. The van der Waals surface area contributed by atoms with Gasteiger partial charge >= 0.3 is 0 Å². The molecule has 5 nitrogen and oxygen atoms in total. The van der Waals surface area contributed by atoms with Gasteiger partial charge < -0.3 is 14.9 Å². The van der Waals surface area contributed by atoms with Gasteiger partial charge in [-0.2, -0.15) is 0 Å². The molecule has 2 saturated heterocycles. The van der Waals surface area contributed by atoms with Crippen molar-refractivity contribution < 1.29 is 19.1 Å². The summed E-state index contributed by atoms with van der Waals surface area (Å²) in [7, 11) is 0. The standard InChI is InChI=1S/C30H31FN2O3/c31-25-10-5-9-24(18-25)30(36)14-15-32(19-30)29(35)27-17-22-8-3-4-11-26(22)33(27)28(34)23-13-12-20-6-1-2-7-21(20)16-23/h1-2,5-7,9-10,12-13,16,18,22,26-27,36H,3-4,8,11,14-15,17,19H2/t22-,26-,27-,30?/m0/s1. The Morgan fingerprint density at radius 1 is 0.944 bits per heavy atom. The number of rotatable bonds is 3. The molecule has 2 aliphatic heterocycles. The third kappa shape index (κ3) is 3.97. The molecule has 1 unspecified atom stereocenters. The Hall–Kier alpha value is -3.25. The van der Waals surface area contributed by atoms with Crippen LogP contribution in [0.15, 0.2) is 66.7 Å². The van der Waals surface area contributed by atoms with Gasteiger partial charge in [-0.15, -0.1) is 0 Å². The molecule has 186 valence electrons. The molecule has 1 saturated carbocycles. The van der Waals surface area contributed by atoms with E-state index in [0.29, 0.717) is 36.4 Å². The van der Waals surface area contributed by atoms with Crippen LogP contribution in [-0.2, 0) is 10.4 Å². The van der Waals surface area contributed by atoms with E-state index >= 15 is 0 Å². The van der Waals surface area contributed by atoms with Crippen molar-refractivity contribution in [2.24, 2.45) is 5.92 Å². The number of hydrogen-bond donors (Lipinski definition) is 1. The Balaban J connectivity index is 1.28. The van der Waals surface area contributed by atoms with E-state index in [0.717, 1.165) is 36.5 Å². The number of hydrogen-bond acceptors (Lipinski definition) is 3. The fraction of sp³-hybridized carbons (Fsp3) is 0.400. The molecule has 3 aromatic rings. The first-order valence-corrected chi connectivity index (χ1v) is 13.0. The minimum absolute atomic E-state index is 0.0661. The van der Waals surface area contributed by atoms with Gasteiger partial charge in [-0.1, -0.05) is 55.3 Å². The second kappa shape index (κ2) is 9.00. The number of β-amino-alcohol motifs (C(OH)–C–C–N with tert-alkyl or cyclic N) is 1. The first kappa shape index (κ1) is 23.2. The topological polar surface area (TPSA) is 60.9 Å². The summed E-state index contributed by atoms with van der Waals surface area (Å²) < 4.78 is 13.8. The average molecular weight is 487 g/mol. The number of carbonyl (C=O) groups is 2. The lowest BCUT2D eigenvalue weighted by Gasteiger charge is -2.35. The number of benzene rings is 3. The van der Waals surface area contributed by atoms with Gasteiger partial charge in [-0.05, 0) is 72.2 Å². The number of likely N-dealkylation sites (tertiary alicyclic amines) is 2. The van der Waals surface area contributed by atoms with Crippen LogP contribution >= 0.6 is 0 Å². The van der Waals surface area contributed by atoms with E-state index in [9.17, 15) is 19.1 Å². The van der Waals surface area contributed by atoms with Gasteiger partial charge in [0.15, 0.2) is 0 Å². The van der Waals surface area contributed by atoms with E-state index in [1.165, 1.54) is 12.1 Å². The quantitative estimate of drug-likeness (QED) is 0.575. The van der Waals surface area contributed by atoms with E-state index in [1.54, 1.807) is 17.0 Å². The first-order chi connectivity index (χ1) is 17.4. The maximum atomic E-state index is 13.9. The monoisotopic (exact) mass is 486 g/mol. The lowest BCUT2D eigenvalue weighted by molar-refractivity contribution is -0.135. The number of fused-ring (bicyclic) bond motifs is 2. The third-order valence-electron chi connectivity index (χ3n) is 8.53. The maximum Gasteiger partial charge on any atom is 0.254 e. The van der Waals surface area contributed by atoms with Crippen LogP contribution < -0.4 is 0 Å². The second-order valence-corrected chi connectivity index (χ2v) is 10.7. The molecule has 6 heteroatoms. The molecule has 3 aromatic carbocycles. The van der Waals surface area contributed by atoms with E-state index in [-0.39, 0.29) is 24.4 Å². The predicted molar refractivity (Wildman–Crippen MR) is 136 cm³/mol. The highest BCUT2D eigenvalue weighted by Crippen LogP contribution is 2.42. The Bertz CT molecular complexity index is 1330. The molecule has 1 N–H and O–H groups in total. The molecule has 3 fully saturated rings. The van der Waals surface area contributed by atoms with Gasteiger partial charge in [-0.3, -0.25) is 9.59 Å². The van der Waals surface area contributed by atoms with Crippen molar-refractivity contribution in [3.05, 3.63) is 83.7 Å². The van der Waals surface area contributed by atoms with Crippen LogP contribution in [0.3, 0.4) is 0 Å². The molecule has 2 heterocycles. The zero-order valence-electron chi connectivity index (χ0n) is 20.3. The van der Waals surface area contributed by atoms with Crippen molar-refractivity contribution in [1.29, 1.82) is 0 Å². The van der Waals surface area contributed by atoms with E-state index in [4.69, 9.17) is 0 Å². The Labute approximate surface area is 210 Å². The molecule has 0 aromatic heterocycles. The summed E-state index contributed by atoms with van der Waals surface area (Å²) in [6.45, 7) is 0.495. The summed E-state index contributed by atoms with van der Waals surface area (Å²) >= 11 is 0. The summed E-state index contributed by atoms with van der Waals surface area (Å²) in [4.78, 5) is 31.3. The van der Waals surface area contributed by atoms with Gasteiger partial charge in [0.2, 0.25) is 5.91 Å². The minimum Gasteiger partial charge on any atom is -0.383 e. The Morgan fingerprint density at radius 2 is 1.75 bits per heavy atom. The molecule has 6 rings (SSSR count). The average Bonchev–Trinajstić information content (AvgIpc) is 3.49. The van der Waals surface area contributed by atoms with Crippen LogP contribution in [0, 0.1) is 11.7 Å². The van der Waals surface area contributed by atoms with Crippen LogP contribution in [-0.4, -0.2) is 51.9 Å². The fourth-order valence-corrected chi connectivity index (χ4v) is 6.65. The largest absolute Gasteiger partial charge is 0.383 e. The number of carbonyl (C=O) groups excluding carboxylic acids is 2. The highest BCUT2D eigenvalue weighted by atomic mass is 19.1. The van der Waals surface area contributed by atoms with Crippen LogP contribution in [0.2, 0.25) is 0 Å². The highest BCUT2D eigenvalue weighted by Gasteiger charge is 2.50. The van der Waals surface area contributed by atoms with Crippen LogP contribution in [0.4, 0.5) is 4.39 Å². The molecule has 2 amide bonds. The lowest BCUT2D eigenvalue weighted by Crippen LogP contribution is -2.50. The van der Waals surface area contributed by atoms with Crippen LogP contribution in [0.5, 0.6) is 0 Å². The molecule has 0 radical (unpaired) electrons. The SMILES string of the molecule is O=C([C@@H]1C[C@@H]2CCCC[C@@H]2N1C(=O)c1ccc2ccccc2c1)N1CCC(O)(c2cccc(F)c2)C1. The van der Waals surface area contributed by atoms with E-state index < -0.39 is 17.5 Å². The smallest absolute Gasteiger partial charge is 0.254 e. The molecule has 1 aliphatic carbocycles. The number of nitrogens with zero attached hydrogens (tertiary/aromatic N) is 2. The summed E-state index contributed by atoms with van der Waals surface area (Å²) in [5, 5.41) is 13.3. The van der Waals surface area contributed by atoms with Gasteiger partial charge in [0.25, 0.3) is 5.91 Å². The van der Waals surface area contributed by atoms with Gasteiger partial charge in [0.05, 0.1) is 6.54 Å². The number of amides is 2. The molecular formula is C30H31FN2O3. The normalized spacial score (nSPS) is 27.9. The third-order valence-corrected chi connectivity index (χ3v) is 8.53. The van der Waals surface area contributed by atoms with E-state index in [2.05, 4.69) is 0 Å². The summed E-state index contributed by atoms with van der Waals surface area (Å²) in [5.41, 5.74) is -0.187. The molecule has 0 bridgehead atoms. The molecule has 3 aliphatic rings. The summed E-state index contributed by atoms with van der Waals surface area (Å²) in [6.07, 6.45) is 5.15. The summed E-state index contributed by atoms with van der Waals surface area (Å²) in [5.74, 6) is -0.279. The van der Waals surface area contributed by atoms with E-state index in [1.807, 2.05) is 47.4 Å².